The van der Waals surface area contributed by atoms with Gasteiger partial charge in [-0.1, -0.05) is 30.3 Å². The molecule has 7 nitrogen and oxygen atoms in total. The number of aliphatic carboxylic acids is 1. The molecule has 0 aliphatic carbocycles. The first-order valence-electron chi connectivity index (χ1n) is 6.74. The summed E-state index contributed by atoms with van der Waals surface area (Å²) in [7, 11) is -3.93. The normalized spacial score (nSPS) is 13.0. The molecule has 2 N–H and O–H groups in total. The van der Waals surface area contributed by atoms with Gasteiger partial charge >= 0.3 is 5.97 Å². The van der Waals surface area contributed by atoms with Gasteiger partial charge in [-0.25, -0.2) is 8.42 Å². The number of aryl methyl sites for hydroxylation is 1. The summed E-state index contributed by atoms with van der Waals surface area (Å²) < 4.78 is 28.2. The second-order valence-corrected chi connectivity index (χ2v) is 6.45. The standard InChI is InChI=1S/C14H17N3O4S/c1-2-17-10-12(9-15-17)22(20,21)16-13(14(18)19)8-11-6-4-3-5-7-11/h3-7,9-10,13,16H,2,8H2,1H3,(H,18,19)/t13-/m1/s1. The molecule has 118 valence electrons. The topological polar surface area (TPSA) is 101 Å². The highest BCUT2D eigenvalue weighted by molar-refractivity contribution is 7.89. The fourth-order valence-corrected chi connectivity index (χ4v) is 3.08. The summed E-state index contributed by atoms with van der Waals surface area (Å²) in [4.78, 5) is 11.3. The Kier molecular flexibility index (Phi) is 4.94. The molecule has 22 heavy (non-hydrogen) atoms. The number of carboxylic acid groups (broad SMARTS) is 1. The fourth-order valence-electron chi connectivity index (χ4n) is 1.94. The van der Waals surface area contributed by atoms with Crippen LogP contribution in [0.5, 0.6) is 0 Å². The Balaban J connectivity index is 2.18. The zero-order chi connectivity index (χ0) is 16.2. The molecule has 0 aliphatic heterocycles. The van der Waals surface area contributed by atoms with Crippen molar-refractivity contribution >= 4 is 16.0 Å². The molecule has 1 heterocycles. The van der Waals surface area contributed by atoms with E-state index in [0.717, 1.165) is 5.56 Å². The zero-order valence-corrected chi connectivity index (χ0v) is 12.8. The average molecular weight is 323 g/mol. The van der Waals surface area contributed by atoms with Crippen molar-refractivity contribution in [2.24, 2.45) is 0 Å². The van der Waals surface area contributed by atoms with Crippen LogP contribution in [0.1, 0.15) is 12.5 Å². The summed E-state index contributed by atoms with van der Waals surface area (Å²) in [6.07, 6.45) is 2.63. The van der Waals surface area contributed by atoms with Crippen LogP contribution in [0.2, 0.25) is 0 Å². The van der Waals surface area contributed by atoms with E-state index < -0.39 is 22.0 Å². The summed E-state index contributed by atoms with van der Waals surface area (Å²) in [5.41, 5.74) is 0.738. The van der Waals surface area contributed by atoms with Crippen LogP contribution < -0.4 is 4.72 Å². The second-order valence-electron chi connectivity index (χ2n) is 4.73. The van der Waals surface area contributed by atoms with Crippen molar-refractivity contribution in [2.45, 2.75) is 30.8 Å². The molecule has 0 spiro atoms. The molecule has 1 aromatic heterocycles. The number of nitrogens with zero attached hydrogens (tertiary/aromatic N) is 2. The van der Waals surface area contributed by atoms with E-state index in [-0.39, 0.29) is 11.3 Å². The maximum atomic E-state index is 12.2. The van der Waals surface area contributed by atoms with Gasteiger partial charge in [0.25, 0.3) is 0 Å². The minimum atomic E-state index is -3.93. The molecule has 0 aliphatic rings. The van der Waals surface area contributed by atoms with Crippen molar-refractivity contribution in [1.82, 2.24) is 14.5 Å². The van der Waals surface area contributed by atoms with Gasteiger partial charge in [0.15, 0.2) is 0 Å². The zero-order valence-electron chi connectivity index (χ0n) is 12.0. The molecule has 0 fully saturated rings. The van der Waals surface area contributed by atoms with E-state index >= 15 is 0 Å². The quantitative estimate of drug-likeness (QED) is 0.787. The Morgan fingerprint density at radius 2 is 2.05 bits per heavy atom. The maximum absolute atomic E-state index is 12.2. The van der Waals surface area contributed by atoms with Gasteiger partial charge in [-0.3, -0.25) is 9.48 Å². The second kappa shape index (κ2) is 6.71. The largest absolute Gasteiger partial charge is 0.480 e. The van der Waals surface area contributed by atoms with Gasteiger partial charge in [-0.15, -0.1) is 0 Å². The number of hydrogen-bond acceptors (Lipinski definition) is 4. The Labute approximate surface area is 128 Å². The molecule has 0 amide bonds. The molecule has 2 aromatic rings. The van der Waals surface area contributed by atoms with E-state index in [0.29, 0.717) is 6.54 Å². The number of nitrogens with one attached hydrogen (secondary N) is 1. The molecular formula is C14H17N3O4S. The van der Waals surface area contributed by atoms with E-state index in [1.165, 1.54) is 17.1 Å². The lowest BCUT2D eigenvalue weighted by atomic mass is 10.1. The monoisotopic (exact) mass is 323 g/mol. The summed E-state index contributed by atoms with van der Waals surface area (Å²) in [5.74, 6) is -1.23. The van der Waals surface area contributed by atoms with Crippen LogP contribution in [0, 0.1) is 0 Å². The molecule has 1 atom stereocenters. The van der Waals surface area contributed by atoms with Gasteiger partial charge in [-0.2, -0.15) is 9.82 Å². The van der Waals surface area contributed by atoms with Gasteiger partial charge in [0.2, 0.25) is 10.0 Å². The highest BCUT2D eigenvalue weighted by atomic mass is 32.2. The van der Waals surface area contributed by atoms with Crippen molar-refractivity contribution in [3.05, 3.63) is 48.3 Å². The van der Waals surface area contributed by atoms with Crippen LogP contribution in [-0.4, -0.2) is 35.3 Å². The Morgan fingerprint density at radius 3 is 2.59 bits per heavy atom. The van der Waals surface area contributed by atoms with Crippen LogP contribution in [-0.2, 0) is 27.8 Å². The Bertz CT molecular complexity index is 740. The van der Waals surface area contributed by atoms with Gasteiger partial charge in [0.1, 0.15) is 10.9 Å². The van der Waals surface area contributed by atoms with Crippen molar-refractivity contribution in [3.8, 4) is 0 Å². The third-order valence-corrected chi connectivity index (χ3v) is 4.55. The number of carboxylic acids is 1. The van der Waals surface area contributed by atoms with E-state index in [2.05, 4.69) is 9.82 Å². The third kappa shape index (κ3) is 3.92. The van der Waals surface area contributed by atoms with Crippen molar-refractivity contribution in [3.63, 3.8) is 0 Å². The fraction of sp³-hybridized carbons (Fsp3) is 0.286. The summed E-state index contributed by atoms with van der Waals surface area (Å²) >= 11 is 0. The number of rotatable bonds is 7. The molecule has 0 saturated carbocycles. The van der Waals surface area contributed by atoms with E-state index in [9.17, 15) is 18.3 Å². The smallest absolute Gasteiger partial charge is 0.322 e. The molecule has 0 radical (unpaired) electrons. The van der Waals surface area contributed by atoms with Crippen molar-refractivity contribution < 1.29 is 18.3 Å². The first-order chi connectivity index (χ1) is 10.4. The lowest BCUT2D eigenvalue weighted by Crippen LogP contribution is -2.42. The number of hydrogen-bond donors (Lipinski definition) is 2. The number of aromatic nitrogens is 2. The van der Waals surface area contributed by atoms with Crippen LogP contribution in [0.25, 0.3) is 0 Å². The van der Waals surface area contributed by atoms with Crippen molar-refractivity contribution in [1.29, 1.82) is 0 Å². The molecule has 8 heteroatoms. The minimum absolute atomic E-state index is 0.0475. The molecule has 1 aromatic carbocycles. The summed E-state index contributed by atoms with van der Waals surface area (Å²) in [6.45, 7) is 2.36. The molecule has 0 bridgehead atoms. The van der Waals surface area contributed by atoms with Crippen molar-refractivity contribution in [2.75, 3.05) is 0 Å². The predicted octanol–water partition coefficient (Wildman–Crippen LogP) is 0.877. The van der Waals surface area contributed by atoms with Crippen LogP contribution in [0.15, 0.2) is 47.6 Å². The third-order valence-electron chi connectivity index (χ3n) is 3.12. The van der Waals surface area contributed by atoms with Gasteiger partial charge in [0, 0.05) is 12.7 Å². The highest BCUT2D eigenvalue weighted by Crippen LogP contribution is 2.10. The SMILES string of the molecule is CCn1cc(S(=O)(=O)N[C@H](Cc2ccccc2)C(=O)O)cn1. The van der Waals surface area contributed by atoms with Crippen LogP contribution >= 0.6 is 0 Å². The van der Waals surface area contributed by atoms with Crippen LogP contribution in [0.4, 0.5) is 0 Å². The predicted molar refractivity (Wildman–Crippen MR) is 79.8 cm³/mol. The lowest BCUT2D eigenvalue weighted by Gasteiger charge is -2.14. The van der Waals surface area contributed by atoms with Gasteiger partial charge < -0.3 is 5.11 Å². The first-order valence-corrected chi connectivity index (χ1v) is 8.22. The average Bonchev–Trinajstić information content (AvgIpc) is 2.97. The number of sulfonamides is 1. The van der Waals surface area contributed by atoms with E-state index in [1.54, 1.807) is 24.3 Å². The summed E-state index contributed by atoms with van der Waals surface area (Å²) in [6, 6.07) is 7.61. The maximum Gasteiger partial charge on any atom is 0.322 e. The summed E-state index contributed by atoms with van der Waals surface area (Å²) in [5, 5.41) is 13.1. The molecule has 0 saturated heterocycles. The lowest BCUT2D eigenvalue weighted by molar-refractivity contribution is -0.138. The minimum Gasteiger partial charge on any atom is -0.480 e. The van der Waals surface area contributed by atoms with E-state index in [1.807, 2.05) is 13.0 Å². The Morgan fingerprint density at radius 1 is 1.36 bits per heavy atom. The molecular weight excluding hydrogens is 306 g/mol. The van der Waals surface area contributed by atoms with Gasteiger partial charge in [-0.05, 0) is 18.9 Å². The van der Waals surface area contributed by atoms with E-state index in [4.69, 9.17) is 0 Å². The van der Waals surface area contributed by atoms with Crippen LogP contribution in [0.3, 0.4) is 0 Å². The van der Waals surface area contributed by atoms with Gasteiger partial charge in [0.05, 0.1) is 6.20 Å². The highest BCUT2D eigenvalue weighted by Gasteiger charge is 2.26. The molecule has 0 unspecified atom stereocenters. The number of carbonyl (C=O) groups is 1. The first kappa shape index (κ1) is 16.2. The number of benzene rings is 1. The Hall–Kier alpha value is -2.19. The molecule has 2 rings (SSSR count).